The Morgan fingerprint density at radius 3 is 2.23 bits per heavy atom. The summed E-state index contributed by atoms with van der Waals surface area (Å²) in [4.78, 5) is 25.4. The van der Waals surface area contributed by atoms with Gasteiger partial charge >= 0.3 is 5.69 Å². The van der Waals surface area contributed by atoms with Gasteiger partial charge in [-0.15, -0.1) is 0 Å². The van der Waals surface area contributed by atoms with Crippen LogP contribution in [-0.2, 0) is 11.8 Å². The van der Waals surface area contributed by atoms with Crippen LogP contribution in [0.1, 0.15) is 37.6 Å². The zero-order chi connectivity index (χ0) is 17.0. The van der Waals surface area contributed by atoms with E-state index in [2.05, 4.69) is 18.8 Å². The summed E-state index contributed by atoms with van der Waals surface area (Å²) in [5.74, 6) is 0. The molecule has 1 saturated heterocycles. The Hall–Kier alpha value is -1.48. The predicted octanol–water partition coefficient (Wildman–Crippen LogP) is -1.05. The minimum absolute atomic E-state index is 0.0737. The number of H-pyrrole nitrogens is 1. The largest absolute Gasteiger partial charge is 0.394 e. The fourth-order valence-electron chi connectivity index (χ4n) is 2.22. The van der Waals surface area contributed by atoms with E-state index < -0.39 is 42.3 Å². The van der Waals surface area contributed by atoms with E-state index in [1.807, 2.05) is 0 Å². The highest BCUT2D eigenvalue weighted by molar-refractivity contribution is 5.22. The van der Waals surface area contributed by atoms with Crippen LogP contribution in [0.2, 0.25) is 0 Å². The number of aromatic nitrogens is 2. The first-order chi connectivity index (χ1) is 10.3. The molecule has 1 aliphatic heterocycles. The van der Waals surface area contributed by atoms with Crippen LogP contribution in [0, 0.1) is 6.92 Å². The molecule has 0 saturated carbocycles. The maximum atomic E-state index is 11.8. The van der Waals surface area contributed by atoms with Crippen LogP contribution in [0.15, 0.2) is 9.59 Å². The number of hydrogen-bond acceptors (Lipinski definition) is 6. The summed E-state index contributed by atoms with van der Waals surface area (Å²) in [7, 11) is 1.47. The Morgan fingerprint density at radius 1 is 1.23 bits per heavy atom. The molecule has 0 aliphatic carbocycles. The van der Waals surface area contributed by atoms with Crippen molar-refractivity contribution < 1.29 is 20.1 Å². The molecule has 8 nitrogen and oxygen atoms in total. The zero-order valence-corrected chi connectivity index (χ0v) is 13.2. The lowest BCUT2D eigenvalue weighted by atomic mass is 10.0. The lowest BCUT2D eigenvalue weighted by Gasteiger charge is -2.17. The van der Waals surface area contributed by atoms with Crippen LogP contribution in [0.3, 0.4) is 0 Å². The second kappa shape index (κ2) is 7.68. The van der Waals surface area contributed by atoms with Gasteiger partial charge < -0.3 is 24.6 Å². The van der Waals surface area contributed by atoms with E-state index in [9.17, 15) is 19.8 Å². The third-order valence-electron chi connectivity index (χ3n) is 3.49. The highest BCUT2D eigenvalue weighted by Gasteiger charge is 2.44. The van der Waals surface area contributed by atoms with Crippen molar-refractivity contribution in [3.63, 3.8) is 0 Å². The standard InChI is InChI=1S/C11H16N2O6.C3H8/c1-4-6(10(17)12-11(18)13(4)2)9-8(16)7(15)5(3-14)19-9;1-3-2/h5,7-9,14-16H,3H2,1-2H3,(H,12,17,18);3H2,1-2H3. The second-order valence-electron chi connectivity index (χ2n) is 5.28. The van der Waals surface area contributed by atoms with Crippen molar-refractivity contribution in [1.29, 1.82) is 0 Å². The predicted molar refractivity (Wildman–Crippen MR) is 79.7 cm³/mol. The summed E-state index contributed by atoms with van der Waals surface area (Å²) < 4.78 is 6.51. The number of hydrogen-bond donors (Lipinski definition) is 4. The molecule has 1 aromatic rings. The fourth-order valence-corrected chi connectivity index (χ4v) is 2.22. The highest BCUT2D eigenvalue weighted by atomic mass is 16.6. The van der Waals surface area contributed by atoms with Crippen LogP contribution >= 0.6 is 0 Å². The fraction of sp³-hybridized carbons (Fsp3) is 0.714. The molecule has 0 radical (unpaired) electrons. The third-order valence-corrected chi connectivity index (χ3v) is 3.49. The summed E-state index contributed by atoms with van der Waals surface area (Å²) >= 11 is 0. The lowest BCUT2D eigenvalue weighted by Crippen LogP contribution is -2.37. The quantitative estimate of drug-likeness (QED) is 0.552. The molecular formula is C14H24N2O6. The Kier molecular flexibility index (Phi) is 6.48. The molecule has 4 unspecified atom stereocenters. The maximum Gasteiger partial charge on any atom is 0.328 e. The molecule has 4 N–H and O–H groups in total. The van der Waals surface area contributed by atoms with Crippen LogP contribution in [0.25, 0.3) is 0 Å². The van der Waals surface area contributed by atoms with Gasteiger partial charge in [0.2, 0.25) is 0 Å². The first kappa shape index (κ1) is 18.6. The van der Waals surface area contributed by atoms with Crippen molar-refractivity contribution in [3.05, 3.63) is 32.1 Å². The molecule has 22 heavy (non-hydrogen) atoms. The van der Waals surface area contributed by atoms with Crippen molar-refractivity contribution in [2.75, 3.05) is 6.61 Å². The molecule has 2 rings (SSSR count). The number of aliphatic hydroxyl groups excluding tert-OH is 3. The molecular weight excluding hydrogens is 292 g/mol. The van der Waals surface area contributed by atoms with E-state index in [0.29, 0.717) is 5.69 Å². The average molecular weight is 316 g/mol. The Balaban J connectivity index is 0.000000745. The van der Waals surface area contributed by atoms with Crippen molar-refractivity contribution in [2.45, 2.75) is 51.6 Å². The van der Waals surface area contributed by atoms with Crippen molar-refractivity contribution in [2.24, 2.45) is 7.05 Å². The van der Waals surface area contributed by atoms with Crippen molar-refractivity contribution in [3.8, 4) is 0 Å². The summed E-state index contributed by atoms with van der Waals surface area (Å²) in [5.41, 5.74) is -0.832. The van der Waals surface area contributed by atoms with Crippen molar-refractivity contribution in [1.82, 2.24) is 9.55 Å². The van der Waals surface area contributed by atoms with Gasteiger partial charge in [-0.3, -0.25) is 9.78 Å². The molecule has 8 heteroatoms. The first-order valence-corrected chi connectivity index (χ1v) is 7.22. The molecule has 0 bridgehead atoms. The summed E-state index contributed by atoms with van der Waals surface area (Å²) in [6, 6.07) is 0. The smallest absolute Gasteiger partial charge is 0.328 e. The van der Waals surface area contributed by atoms with Gasteiger partial charge in [0.25, 0.3) is 5.56 Å². The van der Waals surface area contributed by atoms with Gasteiger partial charge in [-0.2, -0.15) is 0 Å². The number of nitrogens with one attached hydrogen (secondary N) is 1. The minimum Gasteiger partial charge on any atom is -0.394 e. The van der Waals surface area contributed by atoms with Crippen LogP contribution in [0.4, 0.5) is 0 Å². The van der Waals surface area contributed by atoms with Crippen LogP contribution in [-0.4, -0.2) is 49.8 Å². The summed E-state index contributed by atoms with van der Waals surface area (Å²) in [6.45, 7) is 5.32. The van der Waals surface area contributed by atoms with E-state index >= 15 is 0 Å². The van der Waals surface area contributed by atoms with Gasteiger partial charge in [-0.05, 0) is 6.92 Å². The monoisotopic (exact) mass is 316 g/mol. The zero-order valence-electron chi connectivity index (χ0n) is 13.2. The van der Waals surface area contributed by atoms with Crippen LogP contribution in [0.5, 0.6) is 0 Å². The molecule has 4 atom stereocenters. The Bertz CT molecular complexity index is 608. The van der Waals surface area contributed by atoms with Gasteiger partial charge in [0.1, 0.15) is 24.4 Å². The highest BCUT2D eigenvalue weighted by Crippen LogP contribution is 2.32. The molecule has 2 heterocycles. The van der Waals surface area contributed by atoms with Gasteiger partial charge in [0.05, 0.1) is 12.2 Å². The number of rotatable bonds is 2. The first-order valence-electron chi connectivity index (χ1n) is 7.22. The topological polar surface area (TPSA) is 125 Å². The van der Waals surface area contributed by atoms with Gasteiger partial charge in [0.15, 0.2) is 0 Å². The number of aromatic amines is 1. The van der Waals surface area contributed by atoms with Crippen LogP contribution < -0.4 is 11.2 Å². The molecule has 126 valence electrons. The molecule has 0 aromatic carbocycles. The van der Waals surface area contributed by atoms with Gasteiger partial charge in [-0.1, -0.05) is 20.3 Å². The average Bonchev–Trinajstić information content (AvgIpc) is 2.74. The van der Waals surface area contributed by atoms with E-state index in [0.717, 1.165) is 0 Å². The number of aliphatic hydroxyl groups is 3. The second-order valence-corrected chi connectivity index (χ2v) is 5.28. The molecule has 1 fully saturated rings. The SMILES string of the molecule is CCC.Cc1c(C2OC(CO)C(O)C2O)c(=O)[nH]c(=O)n1C. The lowest BCUT2D eigenvalue weighted by molar-refractivity contribution is -0.0235. The van der Waals surface area contributed by atoms with E-state index in [1.54, 1.807) is 6.92 Å². The summed E-state index contributed by atoms with van der Waals surface area (Å²) in [5, 5.41) is 28.6. The third kappa shape index (κ3) is 3.46. The minimum atomic E-state index is -1.34. The molecule has 0 spiro atoms. The Labute approximate surface area is 128 Å². The molecule has 0 amide bonds. The Morgan fingerprint density at radius 2 is 1.77 bits per heavy atom. The van der Waals surface area contributed by atoms with E-state index in [-0.39, 0.29) is 5.56 Å². The normalized spacial score (nSPS) is 27.4. The number of ether oxygens (including phenoxy) is 1. The van der Waals surface area contributed by atoms with Crippen molar-refractivity contribution >= 4 is 0 Å². The van der Waals surface area contributed by atoms with Gasteiger partial charge in [0, 0.05) is 12.7 Å². The van der Waals surface area contributed by atoms with E-state index in [4.69, 9.17) is 9.84 Å². The van der Waals surface area contributed by atoms with E-state index in [1.165, 1.54) is 18.0 Å². The summed E-state index contributed by atoms with van der Waals surface area (Å²) in [6.07, 6.45) is -3.42. The maximum absolute atomic E-state index is 11.8. The molecule has 1 aliphatic rings. The van der Waals surface area contributed by atoms with Gasteiger partial charge in [-0.25, -0.2) is 4.79 Å². The molecule has 1 aromatic heterocycles. The number of nitrogens with zero attached hydrogens (tertiary/aromatic N) is 1.